The Labute approximate surface area is 213 Å². The fourth-order valence-corrected chi connectivity index (χ4v) is 3.38. The first-order valence-electron chi connectivity index (χ1n) is 11.0. The van der Waals surface area contributed by atoms with E-state index in [9.17, 15) is 27.2 Å². The molecule has 194 valence electrons. The number of halogens is 4. The predicted octanol–water partition coefficient (Wildman–Crippen LogP) is 6.10. The lowest BCUT2D eigenvalue weighted by atomic mass is 10.0. The molecule has 0 spiro atoms. The number of anilines is 2. The van der Waals surface area contributed by atoms with E-state index in [2.05, 4.69) is 25.9 Å². The van der Waals surface area contributed by atoms with Gasteiger partial charge in [0.2, 0.25) is 5.95 Å². The summed E-state index contributed by atoms with van der Waals surface area (Å²) in [6, 6.07) is 13.7. The summed E-state index contributed by atoms with van der Waals surface area (Å²) >= 11 is 0. The second kappa shape index (κ2) is 10.9. The van der Waals surface area contributed by atoms with Gasteiger partial charge in [-0.05, 0) is 66.2 Å². The molecule has 4 rings (SSSR count). The summed E-state index contributed by atoms with van der Waals surface area (Å²) in [5.74, 6) is -0.561. The molecule has 3 amide bonds. The molecule has 12 heteroatoms. The number of benzene rings is 2. The molecule has 0 atom stereocenters. The van der Waals surface area contributed by atoms with Gasteiger partial charge >= 0.3 is 12.2 Å². The number of hydrogen-bond donors (Lipinski definition) is 3. The fourth-order valence-electron chi connectivity index (χ4n) is 3.38. The summed E-state index contributed by atoms with van der Waals surface area (Å²) < 4.78 is 60.1. The number of nitrogens with zero attached hydrogens (tertiary/aromatic N) is 2. The Morgan fingerprint density at radius 1 is 0.842 bits per heavy atom. The van der Waals surface area contributed by atoms with Gasteiger partial charge in [0.05, 0.1) is 5.56 Å². The Kier molecular flexibility index (Phi) is 7.51. The molecule has 8 nitrogen and oxygen atoms in total. The average molecular weight is 525 g/mol. The van der Waals surface area contributed by atoms with Gasteiger partial charge in [0.15, 0.2) is 0 Å². The van der Waals surface area contributed by atoms with Crippen LogP contribution in [0.4, 0.5) is 33.7 Å². The summed E-state index contributed by atoms with van der Waals surface area (Å²) in [5, 5.41) is 7.31. The van der Waals surface area contributed by atoms with E-state index in [1.54, 1.807) is 18.2 Å². The van der Waals surface area contributed by atoms with Crippen molar-refractivity contribution < 1.29 is 31.9 Å². The third kappa shape index (κ3) is 6.40. The van der Waals surface area contributed by atoms with Gasteiger partial charge in [-0.2, -0.15) is 17.6 Å². The summed E-state index contributed by atoms with van der Waals surface area (Å²) in [6.45, 7) is 0. The van der Waals surface area contributed by atoms with Crippen LogP contribution < -0.4 is 20.7 Å². The summed E-state index contributed by atoms with van der Waals surface area (Å²) in [4.78, 5) is 31.6. The highest BCUT2D eigenvalue weighted by atomic mass is 19.4. The predicted molar refractivity (Wildman–Crippen MR) is 131 cm³/mol. The monoisotopic (exact) mass is 525 g/mol. The lowest BCUT2D eigenvalue weighted by Crippen LogP contribution is -2.20. The number of rotatable bonds is 6. The number of ether oxygens (including phenoxy) is 1. The molecule has 38 heavy (non-hydrogen) atoms. The molecule has 0 radical (unpaired) electrons. The molecule has 0 saturated carbocycles. The number of hydrogen-bond acceptors (Lipinski definition) is 5. The van der Waals surface area contributed by atoms with Crippen LogP contribution in [0, 0.1) is 5.95 Å². The smallest absolute Gasteiger partial charge is 0.416 e. The molecule has 0 aliphatic heterocycles. The molecular weight excluding hydrogens is 506 g/mol. The summed E-state index contributed by atoms with van der Waals surface area (Å²) in [7, 11) is 1.48. The molecule has 0 aliphatic carbocycles. The van der Waals surface area contributed by atoms with Gasteiger partial charge in [-0.3, -0.25) is 9.78 Å². The maximum Gasteiger partial charge on any atom is 0.416 e. The van der Waals surface area contributed by atoms with Crippen molar-refractivity contribution in [3.05, 3.63) is 96.3 Å². The summed E-state index contributed by atoms with van der Waals surface area (Å²) in [6.07, 6.45) is -2.13. The maximum absolute atomic E-state index is 14.1. The van der Waals surface area contributed by atoms with Crippen molar-refractivity contribution in [2.45, 2.75) is 6.18 Å². The van der Waals surface area contributed by atoms with Crippen LogP contribution >= 0.6 is 0 Å². The second-order valence-electron chi connectivity index (χ2n) is 7.80. The first kappa shape index (κ1) is 26.1. The van der Waals surface area contributed by atoms with Crippen LogP contribution in [0.3, 0.4) is 0 Å². The normalized spacial score (nSPS) is 11.0. The molecule has 0 unspecified atom stereocenters. The fraction of sp³-hybridized carbons (Fsp3) is 0.0769. The van der Waals surface area contributed by atoms with Crippen molar-refractivity contribution >= 4 is 23.3 Å². The largest absolute Gasteiger partial charge is 0.457 e. The number of amides is 3. The van der Waals surface area contributed by atoms with Crippen LogP contribution in [-0.4, -0.2) is 29.0 Å². The number of carbonyl (C=O) groups excluding carboxylic acids is 2. The number of alkyl halides is 3. The van der Waals surface area contributed by atoms with Gasteiger partial charge in [-0.25, -0.2) is 9.78 Å². The maximum atomic E-state index is 14.1. The molecule has 2 heterocycles. The third-order valence-electron chi connectivity index (χ3n) is 5.13. The number of nitrogens with one attached hydrogen (secondary N) is 3. The lowest BCUT2D eigenvalue weighted by molar-refractivity contribution is -0.137. The Hall–Kier alpha value is -5.00. The molecule has 2 aromatic heterocycles. The molecule has 0 fully saturated rings. The Morgan fingerprint density at radius 2 is 1.58 bits per heavy atom. The van der Waals surface area contributed by atoms with E-state index < -0.39 is 23.7 Å². The zero-order valence-electron chi connectivity index (χ0n) is 19.6. The minimum atomic E-state index is -4.73. The molecule has 3 N–H and O–H groups in total. The van der Waals surface area contributed by atoms with E-state index in [0.717, 1.165) is 12.1 Å². The van der Waals surface area contributed by atoms with E-state index >= 15 is 0 Å². The lowest BCUT2D eigenvalue weighted by Gasteiger charge is -2.14. The van der Waals surface area contributed by atoms with Crippen molar-refractivity contribution in [1.29, 1.82) is 0 Å². The van der Waals surface area contributed by atoms with Crippen molar-refractivity contribution in [2.24, 2.45) is 0 Å². The topological polar surface area (TPSA) is 105 Å². The standard InChI is InChI=1S/C26H19F4N5O3/c1-31-24(36)22-14-20(8-10-32-22)38-19-6-4-17(5-7-19)34-25(37)35-18-12-15(11-16(13-18)26(28,29)30)21-3-2-9-33-23(21)27/h2-14H,1H3,(H,31,36)(H2,34,35,37). The molecule has 4 aromatic rings. The zero-order chi connectivity index (χ0) is 27.3. The van der Waals surface area contributed by atoms with Gasteiger partial charge in [-0.15, -0.1) is 0 Å². The first-order valence-corrected chi connectivity index (χ1v) is 11.0. The van der Waals surface area contributed by atoms with Crippen LogP contribution in [0.1, 0.15) is 16.1 Å². The average Bonchev–Trinajstić information content (AvgIpc) is 2.89. The molecule has 0 aliphatic rings. The van der Waals surface area contributed by atoms with Crippen LogP contribution in [0.2, 0.25) is 0 Å². The van der Waals surface area contributed by atoms with Crippen LogP contribution in [-0.2, 0) is 6.18 Å². The highest BCUT2D eigenvalue weighted by molar-refractivity contribution is 6.00. The number of urea groups is 1. The molecule has 2 aromatic carbocycles. The Balaban J connectivity index is 1.47. The van der Waals surface area contributed by atoms with Gasteiger partial charge in [0.1, 0.15) is 17.2 Å². The number of aromatic nitrogens is 2. The van der Waals surface area contributed by atoms with Crippen molar-refractivity contribution in [3.8, 4) is 22.6 Å². The zero-order valence-corrected chi connectivity index (χ0v) is 19.6. The number of pyridine rings is 2. The number of carbonyl (C=O) groups is 2. The van der Waals surface area contributed by atoms with E-state index in [1.165, 1.54) is 55.8 Å². The van der Waals surface area contributed by atoms with Gasteiger partial charge in [0.25, 0.3) is 5.91 Å². The SMILES string of the molecule is CNC(=O)c1cc(Oc2ccc(NC(=O)Nc3cc(-c4cccnc4F)cc(C(F)(F)F)c3)cc2)ccn1. The summed E-state index contributed by atoms with van der Waals surface area (Å²) in [5.41, 5.74) is -1.01. The van der Waals surface area contributed by atoms with E-state index in [4.69, 9.17) is 4.74 Å². The van der Waals surface area contributed by atoms with Gasteiger partial charge < -0.3 is 20.7 Å². The van der Waals surface area contributed by atoms with Gasteiger partial charge in [-0.1, -0.05) is 0 Å². The highest BCUT2D eigenvalue weighted by Crippen LogP contribution is 2.35. The van der Waals surface area contributed by atoms with Crippen LogP contribution in [0.15, 0.2) is 79.1 Å². The Bertz CT molecular complexity index is 1480. The van der Waals surface area contributed by atoms with Gasteiger partial charge in [0, 0.05) is 42.4 Å². The Morgan fingerprint density at radius 3 is 2.26 bits per heavy atom. The van der Waals surface area contributed by atoms with Crippen LogP contribution in [0.25, 0.3) is 11.1 Å². The second-order valence-corrected chi connectivity index (χ2v) is 7.80. The first-order chi connectivity index (χ1) is 18.1. The third-order valence-corrected chi connectivity index (χ3v) is 5.13. The molecular formula is C26H19F4N5O3. The van der Waals surface area contributed by atoms with E-state index in [1.807, 2.05) is 0 Å². The molecule has 0 bridgehead atoms. The van der Waals surface area contributed by atoms with Crippen molar-refractivity contribution in [2.75, 3.05) is 17.7 Å². The highest BCUT2D eigenvalue weighted by Gasteiger charge is 2.31. The van der Waals surface area contributed by atoms with Crippen LogP contribution in [0.5, 0.6) is 11.5 Å². The van der Waals surface area contributed by atoms with Crippen molar-refractivity contribution in [3.63, 3.8) is 0 Å². The van der Waals surface area contributed by atoms with E-state index in [-0.39, 0.29) is 28.4 Å². The quantitative estimate of drug-likeness (QED) is 0.209. The minimum absolute atomic E-state index is 0.0992. The molecule has 0 saturated heterocycles. The van der Waals surface area contributed by atoms with Crippen molar-refractivity contribution in [1.82, 2.24) is 15.3 Å². The minimum Gasteiger partial charge on any atom is -0.457 e. The van der Waals surface area contributed by atoms with E-state index in [0.29, 0.717) is 17.2 Å².